The smallest absolute Gasteiger partial charge is 0.341 e. The number of ketones is 1. The van der Waals surface area contributed by atoms with Crippen LogP contribution in [0.1, 0.15) is 36.8 Å². The van der Waals surface area contributed by atoms with E-state index in [-0.39, 0.29) is 41.8 Å². The third-order valence-electron chi connectivity index (χ3n) is 6.64. The van der Waals surface area contributed by atoms with Crippen LogP contribution in [-0.2, 0) is 29.3 Å². The van der Waals surface area contributed by atoms with Gasteiger partial charge in [0.05, 0.1) is 19.3 Å². The van der Waals surface area contributed by atoms with Gasteiger partial charge in [-0.15, -0.1) is 0 Å². The molecule has 2 aliphatic heterocycles. The highest BCUT2D eigenvalue weighted by atomic mass is 16.5. The minimum atomic E-state index is -1.72. The van der Waals surface area contributed by atoms with Gasteiger partial charge < -0.3 is 25.3 Å². The predicted octanol–water partition coefficient (Wildman–Crippen LogP) is 3.05. The van der Waals surface area contributed by atoms with Crippen LogP contribution in [0.25, 0.3) is 0 Å². The summed E-state index contributed by atoms with van der Waals surface area (Å²) >= 11 is 0. The second-order valence-electron chi connectivity index (χ2n) is 8.41. The summed E-state index contributed by atoms with van der Waals surface area (Å²) in [6.07, 6.45) is 0.503. The maximum absolute atomic E-state index is 13.7. The van der Waals surface area contributed by atoms with Gasteiger partial charge in [0, 0.05) is 24.1 Å². The number of benzene rings is 2. The molecule has 0 aromatic heterocycles. The Morgan fingerprint density at radius 2 is 1.88 bits per heavy atom. The zero-order valence-corrected chi connectivity index (χ0v) is 18.8. The van der Waals surface area contributed by atoms with E-state index in [2.05, 4.69) is 5.32 Å². The number of Topliss-reactive ketones (excluding diaryl/α,β-unsaturated/α-hetero) is 1. The molecule has 1 aliphatic carbocycles. The monoisotopic (exact) mass is 460 g/mol. The Balaban J connectivity index is 1.68. The van der Waals surface area contributed by atoms with E-state index in [0.29, 0.717) is 29.2 Å². The molecule has 3 N–H and O–H groups in total. The lowest BCUT2D eigenvalue weighted by Crippen LogP contribution is -2.49. The van der Waals surface area contributed by atoms with Crippen molar-refractivity contribution in [3.8, 4) is 5.75 Å². The molecular weight excluding hydrogens is 436 g/mol. The fraction of sp³-hybridized carbons (Fsp3) is 0.269. The molecule has 0 saturated heterocycles. The summed E-state index contributed by atoms with van der Waals surface area (Å²) in [7, 11) is 1.59. The molecule has 2 aromatic carbocycles. The molecule has 2 heterocycles. The van der Waals surface area contributed by atoms with Crippen LogP contribution in [0.4, 0.5) is 5.69 Å². The molecule has 34 heavy (non-hydrogen) atoms. The van der Waals surface area contributed by atoms with Gasteiger partial charge in [-0.25, -0.2) is 4.79 Å². The molecule has 2 aromatic rings. The number of allylic oxidation sites excluding steroid dienone is 1. The highest BCUT2D eigenvalue weighted by molar-refractivity contribution is 6.22. The van der Waals surface area contributed by atoms with Gasteiger partial charge in [-0.05, 0) is 36.6 Å². The van der Waals surface area contributed by atoms with Gasteiger partial charge in [0.2, 0.25) is 11.8 Å². The molecule has 3 aliphatic rings. The summed E-state index contributed by atoms with van der Waals surface area (Å²) in [5, 5.41) is 2.82. The van der Waals surface area contributed by atoms with Gasteiger partial charge in [-0.3, -0.25) is 9.59 Å². The van der Waals surface area contributed by atoms with Crippen molar-refractivity contribution in [1.82, 2.24) is 0 Å². The van der Waals surface area contributed by atoms with E-state index in [1.165, 1.54) is 0 Å². The number of carbonyl (C=O) groups excluding carboxylic acids is 3. The van der Waals surface area contributed by atoms with Crippen molar-refractivity contribution in [2.24, 2.45) is 5.73 Å². The van der Waals surface area contributed by atoms with Crippen LogP contribution in [0.5, 0.6) is 5.75 Å². The van der Waals surface area contributed by atoms with Crippen LogP contribution in [0.2, 0.25) is 0 Å². The van der Waals surface area contributed by atoms with Gasteiger partial charge >= 0.3 is 5.97 Å². The molecular formula is C26H24N2O6. The van der Waals surface area contributed by atoms with E-state index in [0.717, 1.165) is 5.56 Å². The lowest BCUT2D eigenvalue weighted by atomic mass is 9.63. The Kier molecular flexibility index (Phi) is 5.16. The molecule has 174 valence electrons. The first kappa shape index (κ1) is 21.8. The lowest BCUT2D eigenvalue weighted by Gasteiger charge is -2.40. The van der Waals surface area contributed by atoms with Gasteiger partial charge in [0.15, 0.2) is 5.78 Å². The molecule has 2 atom stereocenters. The standard InChI is InChI=1S/C26H24N2O6/c1-3-33-24(30)22-23(27)34-20-13-15(14-8-10-16(32-2)11-9-14)12-19(29)21(20)26(22)17-6-4-5-7-18(17)28-25(26)31/h4-11,15H,3,12-13,27H2,1-2H3,(H,28,31)/t15-,26-/m0/s1. The van der Waals surface area contributed by atoms with Gasteiger partial charge in [0.1, 0.15) is 22.5 Å². The largest absolute Gasteiger partial charge is 0.497 e. The van der Waals surface area contributed by atoms with Crippen LogP contribution >= 0.6 is 0 Å². The summed E-state index contributed by atoms with van der Waals surface area (Å²) in [5.41, 5.74) is 6.48. The average molecular weight is 460 g/mol. The van der Waals surface area contributed by atoms with Gasteiger partial charge in [0.25, 0.3) is 0 Å². The number of amides is 1. The number of para-hydroxylation sites is 1. The molecule has 8 heteroatoms. The first-order valence-electron chi connectivity index (χ1n) is 11.1. The number of nitrogens with two attached hydrogens (primary N) is 1. The zero-order chi connectivity index (χ0) is 24.0. The predicted molar refractivity (Wildman–Crippen MR) is 123 cm³/mol. The number of nitrogens with one attached hydrogen (secondary N) is 1. The number of hydrogen-bond donors (Lipinski definition) is 2. The van der Waals surface area contributed by atoms with E-state index in [9.17, 15) is 14.4 Å². The van der Waals surface area contributed by atoms with Crippen LogP contribution in [0.3, 0.4) is 0 Å². The van der Waals surface area contributed by atoms with Crippen molar-refractivity contribution in [3.63, 3.8) is 0 Å². The molecule has 5 rings (SSSR count). The minimum absolute atomic E-state index is 0.0777. The minimum Gasteiger partial charge on any atom is -0.497 e. The van der Waals surface area contributed by atoms with Gasteiger partial charge in [-0.1, -0.05) is 30.3 Å². The van der Waals surface area contributed by atoms with Crippen molar-refractivity contribution in [2.75, 3.05) is 19.0 Å². The first-order valence-corrected chi connectivity index (χ1v) is 11.1. The Hall–Kier alpha value is -4.07. The second-order valence-corrected chi connectivity index (χ2v) is 8.41. The molecule has 8 nitrogen and oxygen atoms in total. The fourth-order valence-corrected chi connectivity index (χ4v) is 5.21. The lowest BCUT2D eigenvalue weighted by molar-refractivity contribution is -0.141. The van der Waals surface area contributed by atoms with E-state index in [1.54, 1.807) is 38.3 Å². The highest BCUT2D eigenvalue weighted by Crippen LogP contribution is 2.55. The zero-order valence-electron chi connectivity index (χ0n) is 18.8. The van der Waals surface area contributed by atoms with Crippen LogP contribution < -0.4 is 15.8 Å². The van der Waals surface area contributed by atoms with Crippen LogP contribution in [0, 0.1) is 0 Å². The molecule has 1 amide bonds. The van der Waals surface area contributed by atoms with E-state index < -0.39 is 17.3 Å². The molecule has 0 fully saturated rings. The summed E-state index contributed by atoms with van der Waals surface area (Å²) in [5.74, 6) is -0.977. The second kappa shape index (κ2) is 8.06. The maximum atomic E-state index is 13.7. The Morgan fingerprint density at radius 1 is 1.15 bits per heavy atom. The van der Waals surface area contributed by atoms with Crippen LogP contribution in [-0.4, -0.2) is 31.4 Å². The Bertz CT molecular complexity index is 1280. The van der Waals surface area contributed by atoms with Crippen molar-refractivity contribution < 1.29 is 28.6 Å². The number of anilines is 1. The molecule has 1 spiro atoms. The van der Waals surface area contributed by atoms with E-state index in [1.807, 2.05) is 24.3 Å². The summed E-state index contributed by atoms with van der Waals surface area (Å²) in [6, 6.07) is 14.4. The van der Waals surface area contributed by atoms with Crippen molar-refractivity contribution in [1.29, 1.82) is 0 Å². The maximum Gasteiger partial charge on any atom is 0.341 e. The number of methoxy groups -OCH3 is 1. The van der Waals surface area contributed by atoms with E-state index in [4.69, 9.17) is 19.9 Å². The Morgan fingerprint density at radius 3 is 2.59 bits per heavy atom. The van der Waals surface area contributed by atoms with Crippen molar-refractivity contribution >= 4 is 23.3 Å². The molecule has 0 radical (unpaired) electrons. The molecule has 0 bridgehead atoms. The van der Waals surface area contributed by atoms with Crippen LogP contribution in [0.15, 0.2) is 71.3 Å². The van der Waals surface area contributed by atoms with Crippen molar-refractivity contribution in [3.05, 3.63) is 82.4 Å². The van der Waals surface area contributed by atoms with Gasteiger partial charge in [-0.2, -0.15) is 0 Å². The number of rotatable bonds is 4. The van der Waals surface area contributed by atoms with Crippen molar-refractivity contribution in [2.45, 2.75) is 31.1 Å². The topological polar surface area (TPSA) is 117 Å². The highest BCUT2D eigenvalue weighted by Gasteiger charge is 2.62. The number of fused-ring (bicyclic) bond motifs is 3. The Labute approximate surface area is 196 Å². The first-order chi connectivity index (χ1) is 16.4. The fourth-order valence-electron chi connectivity index (χ4n) is 5.21. The average Bonchev–Trinajstić information content (AvgIpc) is 3.10. The summed E-state index contributed by atoms with van der Waals surface area (Å²) < 4.78 is 16.4. The third-order valence-corrected chi connectivity index (χ3v) is 6.64. The number of esters is 1. The molecule has 0 saturated carbocycles. The summed E-state index contributed by atoms with van der Waals surface area (Å²) in [6.45, 7) is 1.73. The number of carbonyl (C=O) groups is 3. The quantitative estimate of drug-likeness (QED) is 0.674. The third kappa shape index (κ3) is 3.02. The number of hydrogen-bond acceptors (Lipinski definition) is 7. The molecule has 0 unspecified atom stereocenters. The van der Waals surface area contributed by atoms with E-state index >= 15 is 0 Å². The SMILES string of the molecule is CCOC(=O)C1=C(N)OC2=C(C(=O)C[C@H](c3ccc(OC)cc3)C2)[C@]12C(=O)Nc1ccccc12. The normalized spacial score (nSPS) is 23.3. The number of ether oxygens (including phenoxy) is 3. The summed E-state index contributed by atoms with van der Waals surface area (Å²) in [4.78, 5) is 40.4.